The Bertz CT molecular complexity index is 993. The first kappa shape index (κ1) is 24.8. The molecule has 0 N–H and O–H groups in total. The molecule has 2 fully saturated rings. The molecule has 0 aliphatic carbocycles. The Hall–Kier alpha value is -2.32. The van der Waals surface area contributed by atoms with Crippen molar-refractivity contribution < 1.29 is 14.0 Å². The van der Waals surface area contributed by atoms with E-state index < -0.39 is 0 Å². The smallest absolute Gasteiger partial charge is 0.265 e. The highest BCUT2D eigenvalue weighted by Crippen LogP contribution is 2.32. The summed E-state index contributed by atoms with van der Waals surface area (Å²) in [5.74, 6) is 0.284. The zero-order valence-electron chi connectivity index (χ0n) is 20.4. The van der Waals surface area contributed by atoms with Gasteiger partial charge in [-0.3, -0.25) is 14.5 Å². The third kappa shape index (κ3) is 5.49. The monoisotopic (exact) mass is 486 g/mol. The van der Waals surface area contributed by atoms with Crippen LogP contribution in [-0.4, -0.2) is 77.3 Å². The summed E-state index contributed by atoms with van der Waals surface area (Å²) in [5.41, 5.74) is 1.53. The van der Waals surface area contributed by atoms with E-state index in [9.17, 15) is 14.0 Å². The Labute approximate surface area is 205 Å². The number of halogens is 1. The number of hydrogen-bond donors (Lipinski definition) is 0. The Morgan fingerprint density at radius 2 is 1.71 bits per heavy atom. The van der Waals surface area contributed by atoms with E-state index in [0.29, 0.717) is 29.6 Å². The van der Waals surface area contributed by atoms with Gasteiger partial charge in [-0.05, 0) is 62.9 Å². The number of nitrogens with zero attached hydrogens (tertiary/aromatic N) is 4. The lowest BCUT2D eigenvalue weighted by Crippen LogP contribution is -2.51. The van der Waals surface area contributed by atoms with Crippen LogP contribution < -0.4 is 0 Å². The molecule has 1 aromatic heterocycles. The number of likely N-dealkylation sites (tertiary alicyclic amines) is 1. The van der Waals surface area contributed by atoms with Crippen LogP contribution >= 0.6 is 11.3 Å². The minimum atomic E-state index is -0.289. The van der Waals surface area contributed by atoms with Crippen LogP contribution in [-0.2, 0) is 4.79 Å². The largest absolute Gasteiger partial charge is 0.340 e. The van der Waals surface area contributed by atoms with E-state index in [1.54, 1.807) is 12.1 Å². The second-order valence-electron chi connectivity index (χ2n) is 9.53. The fraction of sp³-hybridized carbons (Fsp3) is 0.577. The van der Waals surface area contributed by atoms with Gasteiger partial charge in [0.25, 0.3) is 5.91 Å². The Balaban J connectivity index is 1.32. The molecular formula is C26H35FN4O2S. The van der Waals surface area contributed by atoms with E-state index in [4.69, 9.17) is 0 Å². The summed E-state index contributed by atoms with van der Waals surface area (Å²) < 4.78 is 13.2. The first-order valence-corrected chi connectivity index (χ1v) is 13.2. The highest BCUT2D eigenvalue weighted by Gasteiger charge is 2.34. The summed E-state index contributed by atoms with van der Waals surface area (Å²) in [6.45, 7) is 12.1. The maximum absolute atomic E-state index is 13.2. The third-order valence-electron chi connectivity index (χ3n) is 7.23. The number of piperidine rings is 1. The van der Waals surface area contributed by atoms with Crippen molar-refractivity contribution in [3.63, 3.8) is 0 Å². The summed E-state index contributed by atoms with van der Waals surface area (Å²) >= 11 is 1.37. The molecule has 2 saturated heterocycles. The van der Waals surface area contributed by atoms with Crippen LogP contribution in [0.4, 0.5) is 4.39 Å². The zero-order chi connectivity index (χ0) is 24.2. The molecule has 2 aliphatic rings. The van der Waals surface area contributed by atoms with Gasteiger partial charge in [0.15, 0.2) is 0 Å². The van der Waals surface area contributed by atoms with Gasteiger partial charge in [0, 0.05) is 50.7 Å². The van der Waals surface area contributed by atoms with E-state index in [1.807, 2.05) is 16.7 Å². The Morgan fingerprint density at radius 1 is 1.06 bits per heavy atom. The van der Waals surface area contributed by atoms with Gasteiger partial charge < -0.3 is 9.80 Å². The number of amides is 2. The van der Waals surface area contributed by atoms with Crippen LogP contribution in [0.25, 0.3) is 10.6 Å². The molecule has 1 atom stereocenters. The van der Waals surface area contributed by atoms with Gasteiger partial charge in [-0.25, -0.2) is 9.37 Å². The molecule has 0 bridgehead atoms. The lowest BCUT2D eigenvalue weighted by molar-refractivity contribution is -0.139. The van der Waals surface area contributed by atoms with Gasteiger partial charge in [-0.1, -0.05) is 13.8 Å². The van der Waals surface area contributed by atoms with Gasteiger partial charge in [0.1, 0.15) is 15.7 Å². The molecule has 0 saturated carbocycles. The van der Waals surface area contributed by atoms with E-state index in [-0.39, 0.29) is 23.5 Å². The van der Waals surface area contributed by atoms with Gasteiger partial charge >= 0.3 is 0 Å². The van der Waals surface area contributed by atoms with Gasteiger partial charge in [0.2, 0.25) is 5.91 Å². The number of benzene rings is 1. The number of hydrogen-bond acceptors (Lipinski definition) is 5. The van der Waals surface area contributed by atoms with Crippen molar-refractivity contribution >= 4 is 23.2 Å². The van der Waals surface area contributed by atoms with E-state index in [2.05, 4.69) is 23.7 Å². The van der Waals surface area contributed by atoms with Crippen molar-refractivity contribution in [2.24, 2.45) is 11.8 Å². The number of aromatic nitrogens is 1. The standard InChI is InChI=1S/C26H35FN4O2S/c1-4-11-29-14-16-31(17-15-29)25(32)18(2)20-9-12-30(13-10-20)26(33)23-19(3)28-24(34-23)21-5-7-22(27)8-6-21/h5-8,18,20H,4,9-17H2,1-3H3/t18-/m1/s1. The maximum Gasteiger partial charge on any atom is 0.265 e. The summed E-state index contributed by atoms with van der Waals surface area (Å²) in [4.78, 5) is 37.9. The van der Waals surface area contributed by atoms with Crippen LogP contribution in [0.5, 0.6) is 0 Å². The highest BCUT2D eigenvalue weighted by atomic mass is 32.1. The molecule has 6 nitrogen and oxygen atoms in total. The molecule has 1 aromatic carbocycles. The molecule has 2 aliphatic heterocycles. The Morgan fingerprint density at radius 3 is 2.32 bits per heavy atom. The lowest BCUT2D eigenvalue weighted by Gasteiger charge is -2.39. The number of piperazine rings is 1. The predicted molar refractivity (Wildman–Crippen MR) is 133 cm³/mol. The van der Waals surface area contributed by atoms with Crippen molar-refractivity contribution in [3.05, 3.63) is 40.7 Å². The SMILES string of the molecule is CCCN1CCN(C(=O)[C@H](C)C2CCN(C(=O)c3sc(-c4ccc(F)cc4)nc3C)CC2)CC1. The van der Waals surface area contributed by atoms with Crippen molar-refractivity contribution in [1.82, 2.24) is 19.7 Å². The van der Waals surface area contributed by atoms with E-state index in [1.165, 1.54) is 23.5 Å². The summed E-state index contributed by atoms with van der Waals surface area (Å²) in [5, 5.41) is 0.731. The molecule has 0 unspecified atom stereocenters. The summed E-state index contributed by atoms with van der Waals surface area (Å²) in [7, 11) is 0. The van der Waals surface area contributed by atoms with Crippen LogP contribution in [0.2, 0.25) is 0 Å². The van der Waals surface area contributed by atoms with E-state index in [0.717, 1.165) is 62.6 Å². The summed E-state index contributed by atoms with van der Waals surface area (Å²) in [6.07, 6.45) is 2.84. The van der Waals surface area contributed by atoms with Crippen molar-refractivity contribution in [2.45, 2.75) is 40.0 Å². The Kier molecular flexibility index (Phi) is 7.99. The normalized spacial score (nSPS) is 18.8. The molecule has 2 aromatic rings. The topological polar surface area (TPSA) is 56.8 Å². The quantitative estimate of drug-likeness (QED) is 0.611. The number of thiazole rings is 1. The van der Waals surface area contributed by atoms with Crippen LogP contribution in [0, 0.1) is 24.6 Å². The van der Waals surface area contributed by atoms with Crippen LogP contribution in [0.15, 0.2) is 24.3 Å². The predicted octanol–water partition coefficient (Wildman–Crippen LogP) is 4.30. The number of carbonyl (C=O) groups excluding carboxylic acids is 2. The van der Waals surface area contributed by atoms with Gasteiger partial charge in [-0.15, -0.1) is 11.3 Å². The number of carbonyl (C=O) groups is 2. The van der Waals surface area contributed by atoms with Crippen LogP contribution in [0.3, 0.4) is 0 Å². The molecular weight excluding hydrogens is 451 g/mol. The molecule has 34 heavy (non-hydrogen) atoms. The maximum atomic E-state index is 13.2. The highest BCUT2D eigenvalue weighted by molar-refractivity contribution is 7.17. The fourth-order valence-corrected chi connectivity index (χ4v) is 6.09. The summed E-state index contributed by atoms with van der Waals surface area (Å²) in [6, 6.07) is 6.20. The van der Waals surface area contributed by atoms with Crippen LogP contribution in [0.1, 0.15) is 48.5 Å². The van der Waals surface area contributed by atoms with Gasteiger partial charge in [-0.2, -0.15) is 0 Å². The first-order valence-electron chi connectivity index (χ1n) is 12.4. The molecule has 4 rings (SSSR count). The number of aryl methyl sites for hydroxylation is 1. The zero-order valence-corrected chi connectivity index (χ0v) is 21.2. The first-order chi connectivity index (χ1) is 16.4. The van der Waals surface area contributed by atoms with Crippen molar-refractivity contribution in [2.75, 3.05) is 45.8 Å². The second kappa shape index (κ2) is 11.0. The molecule has 0 spiro atoms. The number of rotatable bonds is 6. The molecule has 2 amide bonds. The van der Waals surface area contributed by atoms with E-state index >= 15 is 0 Å². The van der Waals surface area contributed by atoms with Crippen molar-refractivity contribution in [1.29, 1.82) is 0 Å². The molecule has 184 valence electrons. The van der Waals surface area contributed by atoms with Gasteiger partial charge in [0.05, 0.1) is 5.69 Å². The average Bonchev–Trinajstić information content (AvgIpc) is 3.25. The molecule has 0 radical (unpaired) electrons. The fourth-order valence-electron chi connectivity index (χ4n) is 5.05. The van der Waals surface area contributed by atoms with Crippen molar-refractivity contribution in [3.8, 4) is 10.6 Å². The molecule has 8 heteroatoms. The third-order valence-corrected chi connectivity index (χ3v) is 8.42. The second-order valence-corrected chi connectivity index (χ2v) is 10.5. The minimum absolute atomic E-state index is 0.00726. The average molecular weight is 487 g/mol. The molecule has 3 heterocycles. The minimum Gasteiger partial charge on any atom is -0.340 e. The lowest BCUT2D eigenvalue weighted by atomic mass is 9.84.